The number of thiazole rings is 1. The van der Waals surface area contributed by atoms with Gasteiger partial charge in [0, 0.05) is 19.3 Å². The maximum atomic E-state index is 12.7. The normalized spacial score (nSPS) is 18.4. The quantitative estimate of drug-likeness (QED) is 0.744. The molecule has 0 bridgehead atoms. The molecule has 0 aliphatic carbocycles. The van der Waals surface area contributed by atoms with Gasteiger partial charge in [-0.3, -0.25) is 4.68 Å². The van der Waals surface area contributed by atoms with E-state index in [2.05, 4.69) is 14.8 Å². The molecule has 2 aromatic rings. The summed E-state index contributed by atoms with van der Waals surface area (Å²) in [7, 11) is 1.25. The van der Waals surface area contributed by atoms with Gasteiger partial charge in [0.15, 0.2) is 20.9 Å². The van der Waals surface area contributed by atoms with Crippen LogP contribution in [0.2, 0.25) is 5.15 Å². The molecule has 1 unspecified atom stereocenters. The van der Waals surface area contributed by atoms with Crippen molar-refractivity contribution in [2.45, 2.75) is 25.1 Å². The molecule has 1 atom stereocenters. The van der Waals surface area contributed by atoms with Crippen molar-refractivity contribution >= 4 is 34.0 Å². The van der Waals surface area contributed by atoms with Crippen LogP contribution < -0.4 is 4.90 Å². The lowest BCUT2D eigenvalue weighted by molar-refractivity contribution is -0.141. The molecule has 1 saturated heterocycles. The van der Waals surface area contributed by atoms with E-state index in [1.807, 2.05) is 4.90 Å². The summed E-state index contributed by atoms with van der Waals surface area (Å²) in [6.45, 7) is 1.11. The lowest BCUT2D eigenvalue weighted by Gasteiger charge is -2.32. The second-order valence-corrected chi connectivity index (χ2v) is 6.86. The highest BCUT2D eigenvalue weighted by Gasteiger charge is 2.35. The topological polar surface area (TPSA) is 60.2 Å². The Hall–Kier alpha value is -1.81. The van der Waals surface area contributed by atoms with E-state index in [9.17, 15) is 18.0 Å². The van der Waals surface area contributed by atoms with E-state index in [0.29, 0.717) is 24.6 Å². The van der Waals surface area contributed by atoms with E-state index in [-0.39, 0.29) is 16.1 Å². The molecule has 6 nitrogen and oxygen atoms in total. The smallest absolute Gasteiger partial charge is 0.435 e. The zero-order valence-corrected chi connectivity index (χ0v) is 14.7. The van der Waals surface area contributed by atoms with Crippen molar-refractivity contribution in [2.24, 2.45) is 0 Å². The molecule has 0 spiro atoms. The van der Waals surface area contributed by atoms with Crippen molar-refractivity contribution in [3.8, 4) is 0 Å². The number of anilines is 1. The Kier molecular flexibility index (Phi) is 4.92. The molecule has 0 aromatic carbocycles. The predicted octanol–water partition coefficient (Wildman–Crippen LogP) is 3.64. The maximum Gasteiger partial charge on any atom is 0.435 e. The van der Waals surface area contributed by atoms with E-state index < -0.39 is 17.8 Å². The van der Waals surface area contributed by atoms with Crippen LogP contribution in [0.25, 0.3) is 0 Å². The van der Waals surface area contributed by atoms with E-state index in [1.165, 1.54) is 18.0 Å². The number of carbonyl (C=O) groups excluding carboxylic acids is 1. The van der Waals surface area contributed by atoms with Gasteiger partial charge in [0.05, 0.1) is 13.2 Å². The molecule has 0 saturated carbocycles. The monoisotopic (exact) mass is 394 g/mol. The number of carbonyl (C=O) groups is 1. The molecule has 1 aliphatic heterocycles. The first kappa shape index (κ1) is 18.0. The number of rotatable bonds is 3. The highest BCUT2D eigenvalue weighted by atomic mass is 35.5. The van der Waals surface area contributed by atoms with Crippen LogP contribution in [0.5, 0.6) is 0 Å². The standard InChI is InChI=1S/C14H14ClF3N4O2S/c1-24-12(23)10-11(15)19-13(25-10)21-5-2-3-8(7-21)22-6-4-9(20-22)14(16,17)18/h4,6,8H,2-3,5,7H2,1H3. The Bertz CT molecular complexity index is 776. The number of aromatic nitrogens is 3. The van der Waals surface area contributed by atoms with Crippen molar-refractivity contribution in [3.05, 3.63) is 28.0 Å². The van der Waals surface area contributed by atoms with Gasteiger partial charge >= 0.3 is 12.1 Å². The van der Waals surface area contributed by atoms with Crippen LogP contribution in [0.3, 0.4) is 0 Å². The Morgan fingerprint density at radius 3 is 2.88 bits per heavy atom. The Morgan fingerprint density at radius 2 is 2.24 bits per heavy atom. The van der Waals surface area contributed by atoms with Crippen LogP contribution in [0, 0.1) is 0 Å². The van der Waals surface area contributed by atoms with Crippen molar-refractivity contribution in [1.82, 2.24) is 14.8 Å². The number of methoxy groups -OCH3 is 1. The Morgan fingerprint density at radius 1 is 1.48 bits per heavy atom. The first-order valence-corrected chi connectivity index (χ1v) is 8.61. The van der Waals surface area contributed by atoms with Crippen molar-refractivity contribution < 1.29 is 22.7 Å². The van der Waals surface area contributed by atoms with Gasteiger partial charge in [0.25, 0.3) is 0 Å². The second-order valence-electron chi connectivity index (χ2n) is 5.53. The summed E-state index contributed by atoms with van der Waals surface area (Å²) in [4.78, 5) is 17.9. The summed E-state index contributed by atoms with van der Waals surface area (Å²) in [5, 5.41) is 4.25. The van der Waals surface area contributed by atoms with Crippen LogP contribution in [0.15, 0.2) is 12.3 Å². The zero-order chi connectivity index (χ0) is 18.2. The van der Waals surface area contributed by atoms with Gasteiger partial charge in [-0.05, 0) is 18.9 Å². The number of nitrogens with zero attached hydrogens (tertiary/aromatic N) is 4. The van der Waals surface area contributed by atoms with Gasteiger partial charge < -0.3 is 9.64 Å². The van der Waals surface area contributed by atoms with Crippen LogP contribution in [-0.4, -0.2) is 40.9 Å². The number of hydrogen-bond donors (Lipinski definition) is 0. The summed E-state index contributed by atoms with van der Waals surface area (Å²) >= 11 is 7.08. The summed E-state index contributed by atoms with van der Waals surface area (Å²) < 4.78 is 44.1. The van der Waals surface area contributed by atoms with Gasteiger partial charge in [-0.25, -0.2) is 9.78 Å². The molecule has 0 amide bonds. The van der Waals surface area contributed by atoms with Gasteiger partial charge in [-0.15, -0.1) is 0 Å². The third kappa shape index (κ3) is 3.74. The summed E-state index contributed by atoms with van der Waals surface area (Å²) in [6.07, 6.45) is -1.65. The van der Waals surface area contributed by atoms with Crippen LogP contribution in [0.1, 0.15) is 34.2 Å². The number of hydrogen-bond acceptors (Lipinski definition) is 6. The fourth-order valence-electron chi connectivity index (χ4n) is 2.68. The molecule has 2 aromatic heterocycles. The van der Waals surface area contributed by atoms with E-state index >= 15 is 0 Å². The second kappa shape index (κ2) is 6.83. The van der Waals surface area contributed by atoms with Gasteiger partial charge in [0.2, 0.25) is 0 Å². The number of ether oxygens (including phenoxy) is 1. The fraction of sp³-hybridized carbons (Fsp3) is 0.500. The number of piperidine rings is 1. The fourth-order valence-corrected chi connectivity index (χ4v) is 3.92. The molecule has 136 valence electrons. The average Bonchev–Trinajstić information content (AvgIpc) is 3.21. The molecule has 1 fully saturated rings. The van der Waals surface area contributed by atoms with Crippen LogP contribution >= 0.6 is 22.9 Å². The lowest BCUT2D eigenvalue weighted by atomic mass is 10.1. The summed E-state index contributed by atoms with van der Waals surface area (Å²) in [6, 6.07) is 0.753. The van der Waals surface area contributed by atoms with Crippen molar-refractivity contribution in [3.63, 3.8) is 0 Å². The minimum absolute atomic E-state index is 0.0624. The van der Waals surface area contributed by atoms with E-state index in [1.54, 1.807) is 0 Å². The molecule has 25 heavy (non-hydrogen) atoms. The number of halogens is 4. The Balaban J connectivity index is 1.77. The Labute approximate surface area is 150 Å². The number of alkyl halides is 3. The largest absolute Gasteiger partial charge is 0.465 e. The molecular weight excluding hydrogens is 381 g/mol. The molecule has 0 N–H and O–H groups in total. The summed E-state index contributed by atoms with van der Waals surface area (Å²) in [5.74, 6) is -0.566. The highest BCUT2D eigenvalue weighted by Crippen LogP contribution is 2.34. The van der Waals surface area contributed by atoms with Gasteiger partial charge in [-0.2, -0.15) is 18.3 Å². The average molecular weight is 395 g/mol. The maximum absolute atomic E-state index is 12.7. The third-order valence-corrected chi connectivity index (χ3v) is 5.37. The SMILES string of the molecule is COC(=O)c1sc(N2CCCC(n3ccc(C(F)(F)F)n3)C2)nc1Cl. The van der Waals surface area contributed by atoms with E-state index in [0.717, 1.165) is 23.8 Å². The first-order chi connectivity index (χ1) is 11.8. The molecule has 1 aliphatic rings. The highest BCUT2D eigenvalue weighted by molar-refractivity contribution is 7.18. The van der Waals surface area contributed by atoms with Crippen LogP contribution in [0.4, 0.5) is 18.3 Å². The zero-order valence-electron chi connectivity index (χ0n) is 13.1. The first-order valence-electron chi connectivity index (χ1n) is 7.41. The minimum Gasteiger partial charge on any atom is -0.465 e. The third-order valence-electron chi connectivity index (χ3n) is 3.89. The van der Waals surface area contributed by atoms with Crippen LogP contribution in [-0.2, 0) is 10.9 Å². The predicted molar refractivity (Wildman–Crippen MR) is 86.2 cm³/mol. The summed E-state index contributed by atoms with van der Waals surface area (Å²) in [5.41, 5.74) is -0.908. The van der Waals surface area contributed by atoms with Crippen molar-refractivity contribution in [2.75, 3.05) is 25.1 Å². The molecule has 3 heterocycles. The molecule has 3 rings (SSSR count). The lowest BCUT2D eigenvalue weighted by Crippen LogP contribution is -2.36. The van der Waals surface area contributed by atoms with E-state index in [4.69, 9.17) is 11.6 Å². The molecule has 0 radical (unpaired) electrons. The molecular formula is C14H14ClF3N4O2S. The molecule has 11 heteroatoms. The number of esters is 1. The van der Waals surface area contributed by atoms with Gasteiger partial charge in [0.1, 0.15) is 0 Å². The van der Waals surface area contributed by atoms with Gasteiger partial charge in [-0.1, -0.05) is 22.9 Å². The van der Waals surface area contributed by atoms with Crippen molar-refractivity contribution in [1.29, 1.82) is 0 Å². The minimum atomic E-state index is -4.46.